The molecule has 1 aromatic carbocycles. The third-order valence-electron chi connectivity index (χ3n) is 7.15. The zero-order valence-corrected chi connectivity index (χ0v) is 25.8. The van der Waals surface area contributed by atoms with E-state index < -0.39 is 30.4 Å². The number of esters is 1. The molecule has 4 aromatic rings. The molecule has 0 saturated heterocycles. The summed E-state index contributed by atoms with van der Waals surface area (Å²) in [6, 6.07) is 5.48. The van der Waals surface area contributed by atoms with Gasteiger partial charge >= 0.3 is 12.1 Å². The molecule has 0 aliphatic rings. The van der Waals surface area contributed by atoms with E-state index in [1.807, 2.05) is 46.8 Å². The summed E-state index contributed by atoms with van der Waals surface area (Å²) in [7, 11) is 0. The largest absolute Gasteiger partial charge is 0.460 e. The highest BCUT2D eigenvalue weighted by molar-refractivity contribution is 5.97. The van der Waals surface area contributed by atoms with Crippen LogP contribution in [-0.2, 0) is 35.1 Å². The Morgan fingerprint density at radius 2 is 1.82 bits per heavy atom. The molecule has 0 aliphatic heterocycles. The number of alkyl halides is 5. The zero-order chi connectivity index (χ0) is 33.1. The Hall–Kier alpha value is -4.16. The number of hydrogen-bond acceptors (Lipinski definition) is 6. The molecule has 3 aromatic heterocycles. The normalized spacial score (nSPS) is 13.0. The molecule has 242 valence electrons. The van der Waals surface area contributed by atoms with Crippen molar-refractivity contribution in [1.82, 2.24) is 24.1 Å². The number of ether oxygens (including phenoxy) is 1. The van der Waals surface area contributed by atoms with Gasteiger partial charge in [0.2, 0.25) is 0 Å². The minimum atomic E-state index is -4.87. The molecule has 0 unspecified atom stereocenters. The summed E-state index contributed by atoms with van der Waals surface area (Å²) < 4.78 is 74.4. The number of hydrogen-bond donors (Lipinski definition) is 0. The molecule has 45 heavy (non-hydrogen) atoms. The van der Waals surface area contributed by atoms with Gasteiger partial charge in [-0.05, 0) is 50.7 Å². The SMILES string of the molecule is CCc1cc(Cc2nccn3c(-c4cn(CC(F)F)nc4C(F)(F)F)cnc23)ccc1C(=O)C[C@H](C)CCC(=O)OC(C)(C)C. The highest BCUT2D eigenvalue weighted by Gasteiger charge is 2.38. The first-order valence-electron chi connectivity index (χ1n) is 14.7. The van der Waals surface area contributed by atoms with E-state index in [0.717, 1.165) is 17.3 Å². The first-order chi connectivity index (χ1) is 21.1. The molecular formula is C32H36F5N5O3. The van der Waals surface area contributed by atoms with Crippen molar-refractivity contribution < 1.29 is 36.3 Å². The molecular weight excluding hydrogens is 597 g/mol. The van der Waals surface area contributed by atoms with Crippen molar-refractivity contribution in [2.75, 3.05) is 0 Å². The number of aryl methyl sites for hydroxylation is 1. The van der Waals surface area contributed by atoms with Crippen molar-refractivity contribution in [1.29, 1.82) is 0 Å². The van der Waals surface area contributed by atoms with E-state index in [4.69, 9.17) is 4.74 Å². The predicted octanol–water partition coefficient (Wildman–Crippen LogP) is 7.36. The van der Waals surface area contributed by atoms with Crippen LogP contribution >= 0.6 is 0 Å². The van der Waals surface area contributed by atoms with Gasteiger partial charge in [0.1, 0.15) is 12.1 Å². The van der Waals surface area contributed by atoms with Crippen molar-refractivity contribution in [3.63, 3.8) is 0 Å². The predicted molar refractivity (Wildman–Crippen MR) is 157 cm³/mol. The summed E-state index contributed by atoms with van der Waals surface area (Å²) in [5.41, 5.74) is 0.876. The Balaban J connectivity index is 1.53. The fourth-order valence-electron chi connectivity index (χ4n) is 5.15. The number of aromatic nitrogens is 5. The third-order valence-corrected chi connectivity index (χ3v) is 7.15. The first kappa shape index (κ1) is 33.7. The summed E-state index contributed by atoms with van der Waals surface area (Å²) >= 11 is 0. The maximum Gasteiger partial charge on any atom is 0.435 e. The Morgan fingerprint density at radius 1 is 1.09 bits per heavy atom. The summed E-state index contributed by atoms with van der Waals surface area (Å²) in [5, 5.41) is 3.37. The van der Waals surface area contributed by atoms with Crippen LogP contribution in [-0.4, -0.2) is 47.9 Å². The molecule has 13 heteroatoms. The van der Waals surface area contributed by atoms with Gasteiger partial charge in [-0.1, -0.05) is 32.0 Å². The number of rotatable bonds is 12. The number of carbonyl (C=O) groups is 2. The lowest BCUT2D eigenvalue weighted by Crippen LogP contribution is -2.24. The van der Waals surface area contributed by atoms with Crippen LogP contribution in [0.4, 0.5) is 22.0 Å². The summed E-state index contributed by atoms with van der Waals surface area (Å²) in [6.45, 7) is 8.31. The highest BCUT2D eigenvalue weighted by atomic mass is 19.4. The third kappa shape index (κ3) is 8.52. The van der Waals surface area contributed by atoms with Gasteiger partial charge in [0, 0.05) is 43.4 Å². The molecule has 0 fully saturated rings. The number of ketones is 1. The smallest absolute Gasteiger partial charge is 0.435 e. The summed E-state index contributed by atoms with van der Waals surface area (Å²) in [6.07, 6.45) is -0.761. The molecule has 3 heterocycles. The van der Waals surface area contributed by atoms with Crippen molar-refractivity contribution >= 4 is 17.4 Å². The minimum absolute atomic E-state index is 0.0221. The summed E-state index contributed by atoms with van der Waals surface area (Å²) in [5.74, 6) is -0.344. The van der Waals surface area contributed by atoms with Gasteiger partial charge in [-0.3, -0.25) is 23.7 Å². The van der Waals surface area contributed by atoms with Gasteiger partial charge in [0.05, 0.1) is 23.1 Å². The molecule has 0 aliphatic carbocycles. The lowest BCUT2D eigenvalue weighted by molar-refractivity contribution is -0.155. The second kappa shape index (κ2) is 13.5. The summed E-state index contributed by atoms with van der Waals surface area (Å²) in [4.78, 5) is 34.0. The van der Waals surface area contributed by atoms with Crippen LogP contribution in [0.5, 0.6) is 0 Å². The lowest BCUT2D eigenvalue weighted by atomic mass is 9.91. The molecule has 0 N–H and O–H groups in total. The fourth-order valence-corrected chi connectivity index (χ4v) is 5.15. The number of fused-ring (bicyclic) bond motifs is 1. The fraction of sp³-hybridized carbons (Fsp3) is 0.469. The van der Waals surface area contributed by atoms with E-state index in [9.17, 15) is 31.5 Å². The van der Waals surface area contributed by atoms with Crippen molar-refractivity contribution in [2.24, 2.45) is 5.92 Å². The van der Waals surface area contributed by atoms with Crippen LogP contribution in [0.1, 0.15) is 86.8 Å². The number of imidazole rings is 1. The van der Waals surface area contributed by atoms with E-state index in [-0.39, 0.29) is 48.2 Å². The van der Waals surface area contributed by atoms with Crippen LogP contribution in [0.2, 0.25) is 0 Å². The van der Waals surface area contributed by atoms with Gasteiger partial charge in [-0.25, -0.2) is 13.8 Å². The van der Waals surface area contributed by atoms with Crippen LogP contribution in [0.3, 0.4) is 0 Å². The Labute approximate surface area is 257 Å². The maximum absolute atomic E-state index is 13.8. The minimum Gasteiger partial charge on any atom is -0.460 e. The van der Waals surface area contributed by atoms with Gasteiger partial charge in [-0.15, -0.1) is 0 Å². The Morgan fingerprint density at radius 3 is 2.47 bits per heavy atom. The number of benzene rings is 1. The van der Waals surface area contributed by atoms with Crippen molar-refractivity contribution in [3.8, 4) is 11.3 Å². The van der Waals surface area contributed by atoms with Crippen LogP contribution in [0.25, 0.3) is 16.9 Å². The topological polar surface area (TPSA) is 91.4 Å². The molecule has 0 spiro atoms. The molecule has 4 rings (SSSR count). The van der Waals surface area contributed by atoms with Crippen molar-refractivity contribution in [3.05, 3.63) is 71.1 Å². The molecule has 1 atom stereocenters. The number of nitrogens with zero attached hydrogens (tertiary/aromatic N) is 5. The van der Waals surface area contributed by atoms with Crippen LogP contribution in [0.15, 0.2) is 43.0 Å². The molecule has 0 radical (unpaired) electrons. The average molecular weight is 634 g/mol. The quantitative estimate of drug-likeness (QED) is 0.0920. The van der Waals surface area contributed by atoms with Gasteiger partial charge < -0.3 is 4.74 Å². The number of halogens is 5. The van der Waals surface area contributed by atoms with E-state index in [1.54, 1.807) is 6.07 Å². The van der Waals surface area contributed by atoms with E-state index >= 15 is 0 Å². The van der Waals surface area contributed by atoms with Gasteiger partial charge in [-0.2, -0.15) is 18.3 Å². The first-order valence-corrected chi connectivity index (χ1v) is 14.7. The van der Waals surface area contributed by atoms with E-state index in [0.29, 0.717) is 34.4 Å². The highest BCUT2D eigenvalue weighted by Crippen LogP contribution is 2.36. The van der Waals surface area contributed by atoms with E-state index in [2.05, 4.69) is 15.1 Å². The van der Waals surface area contributed by atoms with Gasteiger partial charge in [0.15, 0.2) is 17.1 Å². The molecule has 0 bridgehead atoms. The maximum atomic E-state index is 13.8. The number of carbonyl (C=O) groups excluding carboxylic acids is 2. The van der Waals surface area contributed by atoms with Gasteiger partial charge in [0.25, 0.3) is 6.43 Å². The average Bonchev–Trinajstić information content (AvgIpc) is 3.55. The molecule has 0 amide bonds. The lowest BCUT2D eigenvalue weighted by Gasteiger charge is -2.20. The standard InChI is InChI=1S/C32H36F5N5O3/c1-6-21-14-20(8-9-22(21)26(43)13-19(2)7-10-28(44)45-31(3,4)5)15-24-30-39-16-25(42(30)12-11-38-24)23-17-41(18-27(33)34)40-29(23)32(35,36)37/h8-9,11-12,14,16-17,19,27H,6-7,10,13,15,18H2,1-5H3/t19-/m1/s1. The van der Waals surface area contributed by atoms with Crippen LogP contribution in [0, 0.1) is 5.92 Å². The number of Topliss-reactive ketones (excluding diaryl/α,β-unsaturated/α-hetero) is 1. The second-order valence-electron chi connectivity index (χ2n) is 12.1. The Bertz CT molecular complexity index is 1670. The Kier molecular flexibility index (Phi) is 10.1. The molecule has 0 saturated carbocycles. The zero-order valence-electron chi connectivity index (χ0n) is 25.8. The molecule has 8 nitrogen and oxygen atoms in total. The second-order valence-corrected chi connectivity index (χ2v) is 12.1. The monoisotopic (exact) mass is 633 g/mol. The van der Waals surface area contributed by atoms with E-state index in [1.165, 1.54) is 23.0 Å². The van der Waals surface area contributed by atoms with Crippen molar-refractivity contribution in [2.45, 2.75) is 91.5 Å². The van der Waals surface area contributed by atoms with Crippen LogP contribution < -0.4 is 0 Å².